The third kappa shape index (κ3) is 6.50. The molecule has 8 heteroatoms. The Kier molecular flexibility index (Phi) is 7.09. The van der Waals surface area contributed by atoms with Crippen molar-refractivity contribution in [2.24, 2.45) is 0 Å². The van der Waals surface area contributed by atoms with E-state index in [9.17, 15) is 18.0 Å². The third-order valence-corrected chi connectivity index (χ3v) is 5.19. The second-order valence-corrected chi connectivity index (χ2v) is 7.93. The summed E-state index contributed by atoms with van der Waals surface area (Å²) in [6, 6.07) is 14.4. The van der Waals surface area contributed by atoms with E-state index >= 15 is 0 Å². The largest absolute Gasteiger partial charge is 0.352 e. The molecule has 3 N–H and O–H groups in total. The molecule has 2 aromatic carbocycles. The predicted molar refractivity (Wildman–Crippen MR) is 104 cm³/mol. The van der Waals surface area contributed by atoms with Gasteiger partial charge in [0.05, 0.1) is 4.90 Å². The summed E-state index contributed by atoms with van der Waals surface area (Å²) in [7, 11) is -3.57. The van der Waals surface area contributed by atoms with Gasteiger partial charge in [-0.15, -0.1) is 0 Å². The van der Waals surface area contributed by atoms with Gasteiger partial charge in [0.2, 0.25) is 15.9 Å². The Morgan fingerprint density at radius 1 is 0.963 bits per heavy atom. The van der Waals surface area contributed by atoms with E-state index < -0.39 is 10.0 Å². The standard InChI is InChI=1S/C19H23N3O4S/c1-14(2)22-27(25,26)17-10-8-16(9-11-17)21-18(23)12-13-20-19(24)15-6-4-3-5-7-15/h3-11,14,22H,12-13H2,1-2H3,(H,20,24)(H,21,23). The molecule has 2 aromatic rings. The molecule has 0 fully saturated rings. The highest BCUT2D eigenvalue weighted by Gasteiger charge is 2.15. The molecule has 2 rings (SSSR count). The summed E-state index contributed by atoms with van der Waals surface area (Å²) in [6.07, 6.45) is 0.105. The number of nitrogens with one attached hydrogen (secondary N) is 3. The fourth-order valence-electron chi connectivity index (χ4n) is 2.30. The molecule has 0 atom stereocenters. The van der Waals surface area contributed by atoms with Gasteiger partial charge in [-0.2, -0.15) is 0 Å². The molecule has 0 aliphatic carbocycles. The van der Waals surface area contributed by atoms with Crippen LogP contribution in [0.4, 0.5) is 5.69 Å². The van der Waals surface area contributed by atoms with Crippen molar-refractivity contribution < 1.29 is 18.0 Å². The predicted octanol–water partition coefficient (Wildman–Crippen LogP) is 2.13. The highest BCUT2D eigenvalue weighted by atomic mass is 32.2. The molecule has 7 nitrogen and oxygen atoms in total. The first-order valence-corrected chi connectivity index (χ1v) is 10.0. The highest BCUT2D eigenvalue weighted by molar-refractivity contribution is 7.89. The Balaban J connectivity index is 1.83. The van der Waals surface area contributed by atoms with Gasteiger partial charge in [-0.1, -0.05) is 18.2 Å². The average Bonchev–Trinajstić information content (AvgIpc) is 2.61. The number of hydrogen-bond acceptors (Lipinski definition) is 4. The minimum Gasteiger partial charge on any atom is -0.352 e. The van der Waals surface area contributed by atoms with E-state index in [1.165, 1.54) is 24.3 Å². The summed E-state index contributed by atoms with van der Waals surface area (Å²) >= 11 is 0. The van der Waals surface area contributed by atoms with Crippen LogP contribution in [0.1, 0.15) is 30.6 Å². The van der Waals surface area contributed by atoms with Crippen molar-refractivity contribution in [2.75, 3.05) is 11.9 Å². The van der Waals surface area contributed by atoms with E-state index in [2.05, 4.69) is 15.4 Å². The quantitative estimate of drug-likeness (QED) is 0.643. The Morgan fingerprint density at radius 2 is 1.59 bits per heavy atom. The summed E-state index contributed by atoms with van der Waals surface area (Å²) in [4.78, 5) is 24.0. The number of sulfonamides is 1. The Bertz CT molecular complexity index is 879. The lowest BCUT2D eigenvalue weighted by Gasteiger charge is -2.10. The van der Waals surface area contributed by atoms with Gasteiger partial charge in [-0.05, 0) is 50.2 Å². The van der Waals surface area contributed by atoms with Crippen LogP contribution in [0.15, 0.2) is 59.5 Å². The van der Waals surface area contributed by atoms with E-state index in [0.717, 1.165) is 0 Å². The van der Waals surface area contributed by atoms with Crippen LogP contribution in [-0.2, 0) is 14.8 Å². The molecule has 0 heterocycles. The van der Waals surface area contributed by atoms with Crippen molar-refractivity contribution in [1.29, 1.82) is 0 Å². The summed E-state index contributed by atoms with van der Waals surface area (Å²) in [5.74, 6) is -0.519. The maximum absolute atomic E-state index is 12.1. The first kappa shape index (κ1) is 20.6. The summed E-state index contributed by atoms with van der Waals surface area (Å²) in [5.41, 5.74) is 1.02. The van der Waals surface area contributed by atoms with Crippen LogP contribution in [0.25, 0.3) is 0 Å². The van der Waals surface area contributed by atoms with Crippen LogP contribution in [0.5, 0.6) is 0 Å². The van der Waals surface area contributed by atoms with Crippen molar-refractivity contribution in [3.63, 3.8) is 0 Å². The first-order valence-electron chi connectivity index (χ1n) is 8.53. The van der Waals surface area contributed by atoms with Gasteiger partial charge in [0.25, 0.3) is 5.91 Å². The third-order valence-electron chi connectivity index (χ3n) is 3.51. The summed E-state index contributed by atoms with van der Waals surface area (Å²) in [6.45, 7) is 3.68. The SMILES string of the molecule is CC(C)NS(=O)(=O)c1ccc(NC(=O)CCNC(=O)c2ccccc2)cc1. The second kappa shape index (κ2) is 9.29. The Hall–Kier alpha value is -2.71. The minimum absolute atomic E-state index is 0.105. The smallest absolute Gasteiger partial charge is 0.251 e. The first-order chi connectivity index (χ1) is 12.8. The summed E-state index contributed by atoms with van der Waals surface area (Å²) < 4.78 is 26.6. The van der Waals surface area contributed by atoms with Crippen molar-refractivity contribution in [1.82, 2.24) is 10.0 Å². The molecule has 0 aromatic heterocycles. The molecule has 144 valence electrons. The van der Waals surface area contributed by atoms with E-state index in [0.29, 0.717) is 11.3 Å². The fourth-order valence-corrected chi connectivity index (χ4v) is 3.55. The van der Waals surface area contributed by atoms with Crippen LogP contribution >= 0.6 is 0 Å². The maximum atomic E-state index is 12.1. The molecule has 0 aliphatic heterocycles. The number of amides is 2. The van der Waals surface area contributed by atoms with Crippen LogP contribution in [0, 0.1) is 0 Å². The van der Waals surface area contributed by atoms with Gasteiger partial charge < -0.3 is 10.6 Å². The lowest BCUT2D eigenvalue weighted by atomic mass is 10.2. The van der Waals surface area contributed by atoms with Gasteiger partial charge in [0, 0.05) is 30.3 Å². The number of carbonyl (C=O) groups is 2. The van der Waals surface area contributed by atoms with Crippen molar-refractivity contribution >= 4 is 27.5 Å². The van der Waals surface area contributed by atoms with Crippen molar-refractivity contribution in [3.05, 3.63) is 60.2 Å². The molecule has 2 amide bonds. The fraction of sp³-hybridized carbons (Fsp3) is 0.263. The van der Waals surface area contributed by atoms with Gasteiger partial charge in [0.1, 0.15) is 0 Å². The zero-order valence-corrected chi connectivity index (χ0v) is 16.0. The Labute approximate surface area is 159 Å². The number of rotatable bonds is 8. The molecular formula is C19H23N3O4S. The van der Waals surface area contributed by atoms with E-state index in [-0.39, 0.29) is 35.7 Å². The molecule has 0 aliphatic rings. The topological polar surface area (TPSA) is 104 Å². The van der Waals surface area contributed by atoms with Gasteiger partial charge in [0.15, 0.2) is 0 Å². The van der Waals surface area contributed by atoms with E-state index in [1.54, 1.807) is 38.1 Å². The van der Waals surface area contributed by atoms with E-state index in [4.69, 9.17) is 0 Å². The number of hydrogen-bond donors (Lipinski definition) is 3. The van der Waals surface area contributed by atoms with Gasteiger partial charge in [-0.25, -0.2) is 13.1 Å². The number of anilines is 1. The van der Waals surface area contributed by atoms with E-state index in [1.807, 2.05) is 6.07 Å². The molecule has 0 saturated heterocycles. The molecule has 0 spiro atoms. The van der Waals surface area contributed by atoms with Crippen LogP contribution in [0.3, 0.4) is 0 Å². The Morgan fingerprint density at radius 3 is 2.19 bits per heavy atom. The molecule has 0 radical (unpaired) electrons. The van der Waals surface area contributed by atoms with Crippen molar-refractivity contribution in [3.8, 4) is 0 Å². The normalized spacial score (nSPS) is 11.2. The van der Waals surface area contributed by atoms with Crippen LogP contribution in [-0.4, -0.2) is 32.8 Å². The molecule has 27 heavy (non-hydrogen) atoms. The molecular weight excluding hydrogens is 366 g/mol. The van der Waals surface area contributed by atoms with Gasteiger partial charge >= 0.3 is 0 Å². The zero-order chi connectivity index (χ0) is 19.9. The maximum Gasteiger partial charge on any atom is 0.251 e. The minimum atomic E-state index is -3.57. The van der Waals surface area contributed by atoms with Crippen LogP contribution < -0.4 is 15.4 Å². The second-order valence-electron chi connectivity index (χ2n) is 6.22. The zero-order valence-electron chi connectivity index (χ0n) is 15.2. The number of carbonyl (C=O) groups excluding carboxylic acids is 2. The molecule has 0 saturated carbocycles. The monoisotopic (exact) mass is 389 g/mol. The summed E-state index contributed by atoms with van der Waals surface area (Å²) in [5, 5.41) is 5.34. The van der Waals surface area contributed by atoms with Crippen molar-refractivity contribution in [2.45, 2.75) is 31.2 Å². The highest BCUT2D eigenvalue weighted by Crippen LogP contribution is 2.14. The number of benzene rings is 2. The van der Waals surface area contributed by atoms with Crippen LogP contribution in [0.2, 0.25) is 0 Å². The average molecular weight is 389 g/mol. The lowest BCUT2D eigenvalue weighted by molar-refractivity contribution is -0.116. The lowest BCUT2D eigenvalue weighted by Crippen LogP contribution is -2.30. The molecule has 0 bridgehead atoms. The van der Waals surface area contributed by atoms with Gasteiger partial charge in [-0.3, -0.25) is 9.59 Å². The molecule has 0 unspecified atom stereocenters.